The second-order valence-electron chi connectivity index (χ2n) is 5.88. The predicted molar refractivity (Wildman–Crippen MR) is 107 cm³/mol. The Balaban J connectivity index is 2.03. The van der Waals surface area contributed by atoms with Gasteiger partial charge in [0, 0.05) is 18.8 Å². The van der Waals surface area contributed by atoms with Gasteiger partial charge in [-0.05, 0) is 37.3 Å². The molecule has 6 nitrogen and oxygen atoms in total. The quantitative estimate of drug-likeness (QED) is 0.720. The molecule has 0 aliphatic heterocycles. The average molecular weight is 411 g/mol. The van der Waals surface area contributed by atoms with Crippen molar-refractivity contribution in [2.75, 3.05) is 25.0 Å². The number of carbonyl (C=O) groups excluding carboxylic acids is 1. The molecule has 0 heterocycles. The summed E-state index contributed by atoms with van der Waals surface area (Å²) in [5, 5.41) is 2.85. The van der Waals surface area contributed by atoms with Crippen molar-refractivity contribution in [3.05, 3.63) is 53.1 Å². The molecule has 146 valence electrons. The van der Waals surface area contributed by atoms with Gasteiger partial charge in [0.25, 0.3) is 5.91 Å². The van der Waals surface area contributed by atoms with Gasteiger partial charge in [-0.3, -0.25) is 4.79 Å². The highest BCUT2D eigenvalue weighted by Gasteiger charge is 2.22. The van der Waals surface area contributed by atoms with Gasteiger partial charge in [0.05, 0.1) is 9.92 Å². The molecule has 0 atom stereocenters. The molecule has 0 unspecified atom stereocenters. The lowest BCUT2D eigenvalue weighted by Crippen LogP contribution is -2.30. The molecule has 1 amide bonds. The zero-order chi connectivity index (χ0) is 20.0. The van der Waals surface area contributed by atoms with Gasteiger partial charge >= 0.3 is 0 Å². The van der Waals surface area contributed by atoms with Crippen molar-refractivity contribution < 1.29 is 17.9 Å². The van der Waals surface area contributed by atoms with Crippen LogP contribution in [0.5, 0.6) is 5.75 Å². The van der Waals surface area contributed by atoms with Crippen LogP contribution in [0.3, 0.4) is 0 Å². The summed E-state index contributed by atoms with van der Waals surface area (Å²) in [6, 6.07) is 11.6. The number of carbonyl (C=O) groups is 1. The summed E-state index contributed by atoms with van der Waals surface area (Å²) in [4.78, 5) is 12.1. The van der Waals surface area contributed by atoms with E-state index >= 15 is 0 Å². The van der Waals surface area contributed by atoms with Crippen molar-refractivity contribution in [3.63, 3.8) is 0 Å². The van der Waals surface area contributed by atoms with E-state index in [0.29, 0.717) is 18.8 Å². The van der Waals surface area contributed by atoms with Gasteiger partial charge in [-0.2, -0.15) is 4.31 Å². The van der Waals surface area contributed by atoms with E-state index in [-0.39, 0.29) is 28.2 Å². The molecule has 0 bridgehead atoms. The Labute approximate surface area is 165 Å². The molecule has 0 saturated heterocycles. The molecule has 0 saturated carbocycles. The van der Waals surface area contributed by atoms with Gasteiger partial charge in [-0.25, -0.2) is 8.42 Å². The SMILES string of the molecule is CCN(CC)S(=O)(=O)c1ccc(OCC(=O)Nc2ccc(C)cc2)c(Cl)c1. The van der Waals surface area contributed by atoms with Crippen molar-refractivity contribution >= 4 is 33.2 Å². The number of halogens is 1. The van der Waals surface area contributed by atoms with Crippen molar-refractivity contribution in [2.45, 2.75) is 25.7 Å². The molecule has 8 heteroatoms. The molecule has 0 aliphatic rings. The van der Waals surface area contributed by atoms with E-state index in [1.165, 1.54) is 22.5 Å². The molecule has 1 N–H and O–H groups in total. The number of hydrogen-bond acceptors (Lipinski definition) is 4. The van der Waals surface area contributed by atoms with E-state index in [9.17, 15) is 13.2 Å². The number of nitrogens with one attached hydrogen (secondary N) is 1. The smallest absolute Gasteiger partial charge is 0.262 e. The Kier molecular flexibility index (Phi) is 7.24. The maximum atomic E-state index is 12.5. The fraction of sp³-hybridized carbons (Fsp3) is 0.316. The molecule has 2 rings (SSSR count). The molecule has 0 fully saturated rings. The molecule has 0 aliphatic carbocycles. The number of nitrogens with zero attached hydrogens (tertiary/aromatic N) is 1. The van der Waals surface area contributed by atoms with Crippen LogP contribution in [-0.4, -0.2) is 38.3 Å². The van der Waals surface area contributed by atoms with Gasteiger partial charge in [-0.15, -0.1) is 0 Å². The summed E-state index contributed by atoms with van der Waals surface area (Å²) in [6.07, 6.45) is 0. The monoisotopic (exact) mass is 410 g/mol. The van der Waals surface area contributed by atoms with Crippen LogP contribution in [0.15, 0.2) is 47.4 Å². The Morgan fingerprint density at radius 1 is 1.11 bits per heavy atom. The Hall–Kier alpha value is -2.09. The van der Waals surface area contributed by atoms with Crippen molar-refractivity contribution in [3.8, 4) is 5.75 Å². The third-order valence-corrected chi connectivity index (χ3v) is 6.28. The van der Waals surface area contributed by atoms with Gasteiger partial charge in [0.1, 0.15) is 5.75 Å². The van der Waals surface area contributed by atoms with Crippen molar-refractivity contribution in [1.29, 1.82) is 0 Å². The number of anilines is 1. The lowest BCUT2D eigenvalue weighted by molar-refractivity contribution is -0.118. The van der Waals surface area contributed by atoms with Crippen molar-refractivity contribution in [1.82, 2.24) is 4.31 Å². The van der Waals surface area contributed by atoms with E-state index in [1.54, 1.807) is 26.0 Å². The minimum atomic E-state index is -3.60. The standard InChI is InChI=1S/C19H23ClN2O4S/c1-4-22(5-2)27(24,25)16-10-11-18(17(20)12-16)26-13-19(23)21-15-8-6-14(3)7-9-15/h6-12H,4-5,13H2,1-3H3,(H,21,23). The Bertz CT molecular complexity index is 894. The van der Waals surface area contributed by atoms with Gasteiger partial charge in [-0.1, -0.05) is 43.1 Å². The molecule has 0 spiro atoms. The second kappa shape index (κ2) is 9.21. The number of amides is 1. The summed E-state index contributed by atoms with van der Waals surface area (Å²) in [5.41, 5.74) is 1.76. The summed E-state index contributed by atoms with van der Waals surface area (Å²) in [7, 11) is -3.60. The minimum absolute atomic E-state index is 0.0904. The maximum absolute atomic E-state index is 12.5. The van der Waals surface area contributed by atoms with E-state index in [2.05, 4.69) is 5.32 Å². The minimum Gasteiger partial charge on any atom is -0.482 e. The number of aryl methyl sites for hydroxylation is 1. The van der Waals surface area contributed by atoms with Crippen molar-refractivity contribution in [2.24, 2.45) is 0 Å². The van der Waals surface area contributed by atoms with E-state index in [0.717, 1.165) is 5.56 Å². The van der Waals surface area contributed by atoms with E-state index in [1.807, 2.05) is 19.1 Å². The zero-order valence-corrected chi connectivity index (χ0v) is 17.1. The molecule has 2 aromatic rings. The van der Waals surface area contributed by atoms with E-state index < -0.39 is 10.0 Å². The normalized spacial score (nSPS) is 11.4. The molecule has 2 aromatic carbocycles. The van der Waals surface area contributed by atoms with Gasteiger partial charge < -0.3 is 10.1 Å². The average Bonchev–Trinajstić information content (AvgIpc) is 2.63. The van der Waals surface area contributed by atoms with Crippen LogP contribution in [0.4, 0.5) is 5.69 Å². The highest BCUT2D eigenvalue weighted by atomic mass is 35.5. The van der Waals surface area contributed by atoms with Crippen LogP contribution in [0, 0.1) is 6.92 Å². The summed E-state index contributed by atoms with van der Waals surface area (Å²) in [5.74, 6) is -0.0935. The first kappa shape index (κ1) is 21.2. The third-order valence-electron chi connectivity index (χ3n) is 3.94. The molecular weight excluding hydrogens is 388 g/mol. The fourth-order valence-electron chi connectivity index (χ4n) is 2.45. The summed E-state index contributed by atoms with van der Waals surface area (Å²) >= 11 is 6.15. The number of ether oxygens (including phenoxy) is 1. The zero-order valence-electron chi connectivity index (χ0n) is 15.5. The second-order valence-corrected chi connectivity index (χ2v) is 8.23. The third kappa shape index (κ3) is 5.45. The number of benzene rings is 2. The molecule has 0 radical (unpaired) electrons. The van der Waals surface area contributed by atoms with Crippen LogP contribution in [0.2, 0.25) is 5.02 Å². The first-order chi connectivity index (χ1) is 12.8. The van der Waals surface area contributed by atoms with Crippen LogP contribution in [-0.2, 0) is 14.8 Å². The first-order valence-electron chi connectivity index (χ1n) is 8.57. The summed E-state index contributed by atoms with van der Waals surface area (Å²) < 4.78 is 31.8. The van der Waals surface area contributed by atoms with Crippen LogP contribution >= 0.6 is 11.6 Å². The number of rotatable bonds is 8. The lowest BCUT2D eigenvalue weighted by atomic mass is 10.2. The number of sulfonamides is 1. The fourth-order valence-corrected chi connectivity index (χ4v) is 4.23. The highest BCUT2D eigenvalue weighted by molar-refractivity contribution is 7.89. The van der Waals surface area contributed by atoms with E-state index in [4.69, 9.17) is 16.3 Å². The topological polar surface area (TPSA) is 75.7 Å². The molecule has 27 heavy (non-hydrogen) atoms. The highest BCUT2D eigenvalue weighted by Crippen LogP contribution is 2.28. The largest absolute Gasteiger partial charge is 0.482 e. The summed E-state index contributed by atoms with van der Waals surface area (Å²) in [6.45, 7) is 6.00. The first-order valence-corrected chi connectivity index (χ1v) is 10.4. The van der Waals surface area contributed by atoms with Crippen LogP contribution in [0.1, 0.15) is 19.4 Å². The molecular formula is C19H23ClN2O4S. The maximum Gasteiger partial charge on any atom is 0.262 e. The Morgan fingerprint density at radius 2 is 1.74 bits per heavy atom. The molecule has 0 aromatic heterocycles. The van der Waals surface area contributed by atoms with Gasteiger partial charge in [0.15, 0.2) is 6.61 Å². The number of hydrogen-bond donors (Lipinski definition) is 1. The predicted octanol–water partition coefficient (Wildman–Crippen LogP) is 3.70. The van der Waals surface area contributed by atoms with Crippen LogP contribution < -0.4 is 10.1 Å². The van der Waals surface area contributed by atoms with Crippen LogP contribution in [0.25, 0.3) is 0 Å². The lowest BCUT2D eigenvalue weighted by Gasteiger charge is -2.19. The Morgan fingerprint density at radius 3 is 2.30 bits per heavy atom. The van der Waals surface area contributed by atoms with Gasteiger partial charge in [0.2, 0.25) is 10.0 Å².